The summed E-state index contributed by atoms with van der Waals surface area (Å²) in [5.74, 6) is 0.485. The van der Waals surface area contributed by atoms with Crippen molar-refractivity contribution in [3.8, 4) is 0 Å². The highest BCUT2D eigenvalue weighted by Crippen LogP contribution is 2.26. The lowest BCUT2D eigenvalue weighted by molar-refractivity contribution is 0.194. The topological polar surface area (TPSA) is 61.0 Å². The molecule has 0 saturated carbocycles. The molecular formula is C15H18N4O. The number of likely N-dealkylation sites (tertiary alicyclic amines) is 1. The fourth-order valence-electron chi connectivity index (χ4n) is 2.61. The maximum absolute atomic E-state index is 12.2. The molecule has 2 aromatic rings. The smallest absolute Gasteiger partial charge is 0.321 e. The van der Waals surface area contributed by atoms with Gasteiger partial charge in [0.15, 0.2) is 0 Å². The monoisotopic (exact) mass is 270 g/mol. The number of amides is 2. The second kappa shape index (κ2) is 5.77. The van der Waals surface area contributed by atoms with Crippen molar-refractivity contribution in [3.63, 3.8) is 0 Å². The zero-order valence-electron chi connectivity index (χ0n) is 11.2. The molecular weight excluding hydrogens is 252 g/mol. The molecule has 5 nitrogen and oxygen atoms in total. The van der Waals surface area contributed by atoms with Crippen LogP contribution in [0.2, 0.25) is 0 Å². The van der Waals surface area contributed by atoms with E-state index in [1.165, 1.54) is 5.69 Å². The zero-order valence-corrected chi connectivity index (χ0v) is 11.2. The number of carbonyl (C=O) groups is 1. The van der Waals surface area contributed by atoms with Gasteiger partial charge in [-0.3, -0.25) is 0 Å². The van der Waals surface area contributed by atoms with E-state index in [9.17, 15) is 4.79 Å². The van der Waals surface area contributed by atoms with Gasteiger partial charge in [-0.15, -0.1) is 0 Å². The quantitative estimate of drug-likeness (QED) is 0.881. The molecule has 0 spiro atoms. The molecule has 3 rings (SSSR count). The van der Waals surface area contributed by atoms with E-state index < -0.39 is 0 Å². The summed E-state index contributed by atoms with van der Waals surface area (Å²) in [5, 5.41) is 2.93. The van der Waals surface area contributed by atoms with E-state index in [2.05, 4.69) is 15.3 Å². The van der Waals surface area contributed by atoms with Crippen LogP contribution in [-0.4, -0.2) is 34.0 Å². The van der Waals surface area contributed by atoms with Crippen LogP contribution in [0.3, 0.4) is 0 Å². The number of piperidine rings is 1. The molecule has 0 aliphatic carbocycles. The third-order valence-electron chi connectivity index (χ3n) is 3.77. The van der Waals surface area contributed by atoms with Crippen LogP contribution in [0.5, 0.6) is 0 Å². The van der Waals surface area contributed by atoms with E-state index in [-0.39, 0.29) is 6.03 Å². The summed E-state index contributed by atoms with van der Waals surface area (Å²) in [6, 6.07) is 9.55. The number of imidazole rings is 1. The summed E-state index contributed by atoms with van der Waals surface area (Å²) in [4.78, 5) is 21.2. The molecule has 104 valence electrons. The lowest BCUT2D eigenvalue weighted by Crippen LogP contribution is -2.40. The summed E-state index contributed by atoms with van der Waals surface area (Å²) in [5.41, 5.74) is 2.02. The molecule has 2 heterocycles. The normalized spacial score (nSPS) is 16.1. The van der Waals surface area contributed by atoms with Crippen LogP contribution in [0.15, 0.2) is 42.9 Å². The number of anilines is 1. The molecule has 1 fully saturated rings. The Kier molecular flexibility index (Phi) is 3.67. The van der Waals surface area contributed by atoms with Crippen LogP contribution < -0.4 is 5.32 Å². The number of rotatable bonds is 2. The molecule has 2 amide bonds. The largest absolute Gasteiger partial charge is 0.348 e. The first kappa shape index (κ1) is 12.7. The molecule has 20 heavy (non-hydrogen) atoms. The average molecular weight is 270 g/mol. The van der Waals surface area contributed by atoms with E-state index in [4.69, 9.17) is 0 Å². The Bertz CT molecular complexity index is 545. The number of aromatic amines is 1. The number of carbonyl (C=O) groups excluding carboxylic acids is 1. The van der Waals surface area contributed by atoms with Gasteiger partial charge in [0, 0.05) is 36.6 Å². The van der Waals surface area contributed by atoms with E-state index in [1.807, 2.05) is 41.4 Å². The first-order valence-electron chi connectivity index (χ1n) is 6.92. The molecule has 2 N–H and O–H groups in total. The van der Waals surface area contributed by atoms with Crippen molar-refractivity contribution in [1.82, 2.24) is 14.9 Å². The Balaban J connectivity index is 1.54. The van der Waals surface area contributed by atoms with Gasteiger partial charge in [0.2, 0.25) is 0 Å². The lowest BCUT2D eigenvalue weighted by atomic mass is 9.94. The minimum absolute atomic E-state index is 0.0146. The van der Waals surface area contributed by atoms with Crippen molar-refractivity contribution in [2.24, 2.45) is 0 Å². The van der Waals surface area contributed by atoms with Crippen LogP contribution in [0.1, 0.15) is 24.5 Å². The van der Waals surface area contributed by atoms with Crippen molar-refractivity contribution in [2.75, 3.05) is 18.4 Å². The molecule has 0 unspecified atom stereocenters. The summed E-state index contributed by atoms with van der Waals surface area (Å²) >= 11 is 0. The second-order valence-electron chi connectivity index (χ2n) is 5.06. The van der Waals surface area contributed by atoms with Crippen LogP contribution in [0, 0.1) is 0 Å². The first-order chi connectivity index (χ1) is 9.83. The fourth-order valence-corrected chi connectivity index (χ4v) is 2.61. The summed E-state index contributed by atoms with van der Waals surface area (Å²) in [7, 11) is 0. The Morgan fingerprint density at radius 1 is 1.25 bits per heavy atom. The predicted octanol–water partition coefficient (Wildman–Crippen LogP) is 2.82. The molecule has 1 aliphatic rings. The number of H-pyrrole nitrogens is 1. The maximum Gasteiger partial charge on any atom is 0.321 e. The Morgan fingerprint density at radius 2 is 2.00 bits per heavy atom. The van der Waals surface area contributed by atoms with E-state index >= 15 is 0 Å². The van der Waals surface area contributed by atoms with Crippen LogP contribution in [-0.2, 0) is 0 Å². The lowest BCUT2D eigenvalue weighted by Gasteiger charge is -2.31. The molecule has 0 bridgehead atoms. The third-order valence-corrected chi connectivity index (χ3v) is 3.77. The third kappa shape index (κ3) is 2.82. The Labute approximate surface area is 118 Å². The molecule has 5 heteroatoms. The Morgan fingerprint density at radius 3 is 2.65 bits per heavy atom. The number of hydrogen-bond donors (Lipinski definition) is 2. The standard InChI is InChI=1S/C15H18N4O/c20-15(18-13-4-2-1-3-5-13)19-8-6-12(7-9-19)14-10-16-11-17-14/h1-5,10-12H,6-9H2,(H,16,17)(H,18,20). The van der Waals surface area contributed by atoms with Gasteiger partial charge >= 0.3 is 6.03 Å². The summed E-state index contributed by atoms with van der Waals surface area (Å²) in [6.07, 6.45) is 5.54. The number of hydrogen-bond acceptors (Lipinski definition) is 2. The number of benzene rings is 1. The van der Waals surface area contributed by atoms with E-state index in [0.717, 1.165) is 31.6 Å². The molecule has 1 aromatic heterocycles. The second-order valence-corrected chi connectivity index (χ2v) is 5.06. The highest BCUT2D eigenvalue weighted by Gasteiger charge is 2.24. The molecule has 0 atom stereocenters. The molecule has 1 saturated heterocycles. The van der Waals surface area contributed by atoms with Crippen molar-refractivity contribution >= 4 is 11.7 Å². The van der Waals surface area contributed by atoms with Crippen molar-refractivity contribution in [3.05, 3.63) is 48.5 Å². The van der Waals surface area contributed by atoms with Crippen LogP contribution in [0.4, 0.5) is 10.5 Å². The van der Waals surface area contributed by atoms with Gasteiger partial charge in [-0.05, 0) is 25.0 Å². The molecule has 1 aromatic carbocycles. The predicted molar refractivity (Wildman–Crippen MR) is 77.6 cm³/mol. The van der Waals surface area contributed by atoms with Gasteiger partial charge in [0.05, 0.1) is 6.33 Å². The number of aromatic nitrogens is 2. The number of nitrogens with zero attached hydrogens (tertiary/aromatic N) is 2. The minimum Gasteiger partial charge on any atom is -0.348 e. The van der Waals surface area contributed by atoms with Gasteiger partial charge in [0.1, 0.15) is 0 Å². The average Bonchev–Trinajstić information content (AvgIpc) is 3.03. The highest BCUT2D eigenvalue weighted by molar-refractivity contribution is 5.89. The van der Waals surface area contributed by atoms with Gasteiger partial charge in [-0.2, -0.15) is 0 Å². The summed E-state index contributed by atoms with van der Waals surface area (Å²) < 4.78 is 0. The zero-order chi connectivity index (χ0) is 13.8. The molecule has 1 aliphatic heterocycles. The number of urea groups is 1. The van der Waals surface area contributed by atoms with Crippen molar-refractivity contribution in [1.29, 1.82) is 0 Å². The fraction of sp³-hybridized carbons (Fsp3) is 0.333. The van der Waals surface area contributed by atoms with E-state index in [1.54, 1.807) is 6.33 Å². The van der Waals surface area contributed by atoms with Crippen molar-refractivity contribution < 1.29 is 4.79 Å². The van der Waals surface area contributed by atoms with E-state index in [0.29, 0.717) is 5.92 Å². The summed E-state index contributed by atoms with van der Waals surface area (Å²) in [6.45, 7) is 1.56. The van der Waals surface area contributed by atoms with Crippen molar-refractivity contribution in [2.45, 2.75) is 18.8 Å². The number of para-hydroxylation sites is 1. The number of nitrogens with one attached hydrogen (secondary N) is 2. The highest BCUT2D eigenvalue weighted by atomic mass is 16.2. The SMILES string of the molecule is O=C(Nc1ccccc1)N1CCC(c2cnc[nH]2)CC1. The van der Waals surface area contributed by atoms with Crippen LogP contribution in [0.25, 0.3) is 0 Å². The van der Waals surface area contributed by atoms with Gasteiger partial charge in [0.25, 0.3) is 0 Å². The molecule has 0 radical (unpaired) electrons. The van der Waals surface area contributed by atoms with Gasteiger partial charge in [-0.25, -0.2) is 9.78 Å². The van der Waals surface area contributed by atoms with Crippen LogP contribution >= 0.6 is 0 Å². The maximum atomic E-state index is 12.2. The van der Waals surface area contributed by atoms with Gasteiger partial charge < -0.3 is 15.2 Å². The van der Waals surface area contributed by atoms with Gasteiger partial charge in [-0.1, -0.05) is 18.2 Å². The minimum atomic E-state index is -0.0146. The Hall–Kier alpha value is -2.30. The first-order valence-corrected chi connectivity index (χ1v) is 6.92.